The molecule has 0 fully saturated rings. The lowest BCUT2D eigenvalue weighted by Gasteiger charge is -2.28. The molecule has 0 amide bonds. The summed E-state index contributed by atoms with van der Waals surface area (Å²) in [6.07, 6.45) is 0.653. The molecule has 0 bridgehead atoms. The van der Waals surface area contributed by atoms with E-state index in [1.165, 1.54) is 12.1 Å². The predicted molar refractivity (Wildman–Crippen MR) is 84.1 cm³/mol. The Morgan fingerprint density at radius 3 is 2.29 bits per heavy atom. The lowest BCUT2D eigenvalue weighted by molar-refractivity contribution is 0.409. The van der Waals surface area contributed by atoms with Crippen LogP contribution in [0.1, 0.15) is 29.2 Å². The molecule has 112 valence electrons. The summed E-state index contributed by atoms with van der Waals surface area (Å²) >= 11 is 0. The lowest BCUT2D eigenvalue weighted by atomic mass is 9.83. The average Bonchev–Trinajstić information content (AvgIpc) is 2.43. The summed E-state index contributed by atoms with van der Waals surface area (Å²) in [7, 11) is 1.67. The highest BCUT2D eigenvalue weighted by Crippen LogP contribution is 2.30. The minimum absolute atomic E-state index is 0.228. The van der Waals surface area contributed by atoms with E-state index in [4.69, 9.17) is 10.5 Å². The van der Waals surface area contributed by atoms with Gasteiger partial charge in [0.05, 0.1) is 7.11 Å². The SMILES string of the molecule is COc1cc(C)c(C(C)(N)Cc2ccc(F)cc2)cc1C. The minimum atomic E-state index is -0.515. The molecule has 0 aliphatic rings. The van der Waals surface area contributed by atoms with Crippen LogP contribution in [0.15, 0.2) is 36.4 Å². The monoisotopic (exact) mass is 287 g/mol. The van der Waals surface area contributed by atoms with Gasteiger partial charge < -0.3 is 10.5 Å². The largest absolute Gasteiger partial charge is 0.496 e. The molecule has 0 spiro atoms. The first kappa shape index (κ1) is 15.5. The molecule has 2 nitrogen and oxygen atoms in total. The third-order valence-corrected chi connectivity index (χ3v) is 3.84. The van der Waals surface area contributed by atoms with Crippen molar-refractivity contribution in [1.82, 2.24) is 0 Å². The van der Waals surface area contributed by atoms with Crippen LogP contribution >= 0.6 is 0 Å². The highest BCUT2D eigenvalue weighted by molar-refractivity contribution is 5.45. The molecule has 0 heterocycles. The summed E-state index contributed by atoms with van der Waals surface area (Å²) < 4.78 is 18.3. The van der Waals surface area contributed by atoms with E-state index in [9.17, 15) is 4.39 Å². The molecular formula is C18H22FNO. The molecule has 3 heteroatoms. The van der Waals surface area contributed by atoms with Crippen molar-refractivity contribution < 1.29 is 9.13 Å². The first-order valence-corrected chi connectivity index (χ1v) is 7.02. The summed E-state index contributed by atoms with van der Waals surface area (Å²) in [4.78, 5) is 0. The number of halogens is 1. The van der Waals surface area contributed by atoms with Gasteiger partial charge in [-0.15, -0.1) is 0 Å². The number of nitrogens with two attached hydrogens (primary N) is 1. The van der Waals surface area contributed by atoms with Crippen LogP contribution in [-0.2, 0) is 12.0 Å². The smallest absolute Gasteiger partial charge is 0.123 e. The van der Waals surface area contributed by atoms with Gasteiger partial charge >= 0.3 is 0 Å². The molecule has 2 N–H and O–H groups in total. The second kappa shape index (κ2) is 5.86. The van der Waals surface area contributed by atoms with Crippen LogP contribution in [0.3, 0.4) is 0 Å². The van der Waals surface area contributed by atoms with Gasteiger partial charge in [0.2, 0.25) is 0 Å². The summed E-state index contributed by atoms with van der Waals surface area (Å²) in [5, 5.41) is 0. The van der Waals surface area contributed by atoms with E-state index in [-0.39, 0.29) is 5.82 Å². The first-order valence-electron chi connectivity index (χ1n) is 7.02. The molecule has 0 aliphatic carbocycles. The minimum Gasteiger partial charge on any atom is -0.496 e. The van der Waals surface area contributed by atoms with E-state index < -0.39 is 5.54 Å². The molecule has 2 rings (SSSR count). The van der Waals surface area contributed by atoms with Crippen molar-refractivity contribution in [1.29, 1.82) is 0 Å². The van der Waals surface area contributed by atoms with Gasteiger partial charge in [-0.05, 0) is 67.6 Å². The van der Waals surface area contributed by atoms with E-state index in [1.807, 2.05) is 26.8 Å². The Morgan fingerprint density at radius 2 is 1.71 bits per heavy atom. The standard InChI is InChI=1S/C18H22FNO/c1-12-10-17(21-4)13(2)9-16(12)18(3,20)11-14-5-7-15(19)8-6-14/h5-10H,11,20H2,1-4H3. The zero-order valence-corrected chi connectivity index (χ0v) is 13.0. The number of benzene rings is 2. The Kier molecular flexibility index (Phi) is 4.33. The first-order chi connectivity index (χ1) is 9.83. The van der Waals surface area contributed by atoms with Gasteiger partial charge in [0.25, 0.3) is 0 Å². The molecule has 2 aromatic carbocycles. The highest BCUT2D eigenvalue weighted by Gasteiger charge is 2.24. The van der Waals surface area contributed by atoms with Gasteiger partial charge in [-0.1, -0.05) is 18.2 Å². The van der Waals surface area contributed by atoms with Gasteiger partial charge in [0.1, 0.15) is 11.6 Å². The summed E-state index contributed by atoms with van der Waals surface area (Å²) in [6.45, 7) is 6.05. The summed E-state index contributed by atoms with van der Waals surface area (Å²) in [5.41, 5.74) is 10.3. The molecule has 0 saturated carbocycles. The van der Waals surface area contributed by atoms with Gasteiger partial charge in [-0.25, -0.2) is 4.39 Å². The Balaban J connectivity index is 2.34. The quantitative estimate of drug-likeness (QED) is 0.926. The Bertz CT molecular complexity index is 632. The predicted octanol–water partition coefficient (Wildman–Crippen LogP) is 3.87. The van der Waals surface area contributed by atoms with E-state index in [1.54, 1.807) is 19.2 Å². The fourth-order valence-corrected chi connectivity index (χ4v) is 2.75. The third-order valence-electron chi connectivity index (χ3n) is 3.84. The van der Waals surface area contributed by atoms with Crippen molar-refractivity contribution in [3.05, 3.63) is 64.5 Å². The number of methoxy groups -OCH3 is 1. The number of hydrogen-bond acceptors (Lipinski definition) is 2. The van der Waals surface area contributed by atoms with E-state index in [2.05, 4.69) is 6.07 Å². The van der Waals surface area contributed by atoms with Gasteiger partial charge in [-0.2, -0.15) is 0 Å². The van der Waals surface area contributed by atoms with Crippen LogP contribution < -0.4 is 10.5 Å². The van der Waals surface area contributed by atoms with E-state index in [0.29, 0.717) is 6.42 Å². The van der Waals surface area contributed by atoms with Crippen molar-refractivity contribution in [2.24, 2.45) is 5.73 Å². The number of ether oxygens (including phenoxy) is 1. The van der Waals surface area contributed by atoms with Gasteiger partial charge in [-0.3, -0.25) is 0 Å². The topological polar surface area (TPSA) is 35.2 Å². The van der Waals surface area contributed by atoms with Crippen molar-refractivity contribution in [3.63, 3.8) is 0 Å². The molecule has 0 radical (unpaired) electrons. The molecule has 0 aliphatic heterocycles. The molecule has 21 heavy (non-hydrogen) atoms. The zero-order chi connectivity index (χ0) is 15.6. The maximum atomic E-state index is 13.0. The van der Waals surface area contributed by atoms with Gasteiger partial charge in [0.15, 0.2) is 0 Å². The van der Waals surface area contributed by atoms with Crippen LogP contribution in [0.2, 0.25) is 0 Å². The zero-order valence-electron chi connectivity index (χ0n) is 13.0. The molecule has 1 atom stereocenters. The number of rotatable bonds is 4. The normalized spacial score (nSPS) is 13.8. The maximum absolute atomic E-state index is 13.0. The van der Waals surface area contributed by atoms with E-state index >= 15 is 0 Å². The van der Waals surface area contributed by atoms with Crippen LogP contribution in [0.4, 0.5) is 4.39 Å². The molecule has 2 aromatic rings. The number of aryl methyl sites for hydroxylation is 2. The van der Waals surface area contributed by atoms with Crippen LogP contribution in [0, 0.1) is 19.7 Å². The van der Waals surface area contributed by atoms with E-state index in [0.717, 1.165) is 28.0 Å². The molecule has 0 saturated heterocycles. The van der Waals surface area contributed by atoms with Crippen molar-refractivity contribution in [2.75, 3.05) is 7.11 Å². The Hall–Kier alpha value is -1.87. The fraction of sp³-hybridized carbons (Fsp3) is 0.333. The molecule has 0 aromatic heterocycles. The Morgan fingerprint density at radius 1 is 1.10 bits per heavy atom. The average molecular weight is 287 g/mol. The Labute approximate surface area is 125 Å². The van der Waals surface area contributed by atoms with Crippen molar-refractivity contribution >= 4 is 0 Å². The van der Waals surface area contributed by atoms with Crippen molar-refractivity contribution in [3.8, 4) is 5.75 Å². The maximum Gasteiger partial charge on any atom is 0.123 e. The van der Waals surface area contributed by atoms with Crippen LogP contribution in [-0.4, -0.2) is 7.11 Å². The lowest BCUT2D eigenvalue weighted by Crippen LogP contribution is -2.36. The van der Waals surface area contributed by atoms with Crippen molar-refractivity contribution in [2.45, 2.75) is 32.7 Å². The molecule has 1 unspecified atom stereocenters. The third kappa shape index (κ3) is 3.42. The van der Waals surface area contributed by atoms with Crippen LogP contribution in [0.25, 0.3) is 0 Å². The van der Waals surface area contributed by atoms with Crippen LogP contribution in [0.5, 0.6) is 5.75 Å². The second-order valence-corrected chi connectivity index (χ2v) is 5.86. The number of hydrogen-bond donors (Lipinski definition) is 1. The fourth-order valence-electron chi connectivity index (χ4n) is 2.75. The van der Waals surface area contributed by atoms with Gasteiger partial charge in [0, 0.05) is 5.54 Å². The second-order valence-electron chi connectivity index (χ2n) is 5.86. The highest BCUT2D eigenvalue weighted by atomic mass is 19.1. The summed E-state index contributed by atoms with van der Waals surface area (Å²) in [5.74, 6) is 0.641. The summed E-state index contributed by atoms with van der Waals surface area (Å²) in [6, 6.07) is 10.6. The molecular weight excluding hydrogens is 265 g/mol.